The summed E-state index contributed by atoms with van der Waals surface area (Å²) in [5.74, 6) is -0.486. The summed E-state index contributed by atoms with van der Waals surface area (Å²) in [4.78, 5) is 16.9. The van der Waals surface area contributed by atoms with Gasteiger partial charge in [-0.2, -0.15) is 0 Å². The molecule has 0 aliphatic rings. The number of anilines is 1. The molecule has 0 bridgehead atoms. The van der Waals surface area contributed by atoms with Crippen LogP contribution in [0.25, 0.3) is 0 Å². The van der Waals surface area contributed by atoms with E-state index >= 15 is 0 Å². The van der Waals surface area contributed by atoms with E-state index < -0.39 is 5.97 Å². The molecule has 0 fully saturated rings. The smallest absolute Gasteiger partial charge is 0.305 e. The molecule has 2 aromatic rings. The lowest BCUT2D eigenvalue weighted by molar-refractivity contribution is -0.136. The molecule has 110 valence electrons. The van der Waals surface area contributed by atoms with E-state index in [1.165, 1.54) is 12.1 Å². The van der Waals surface area contributed by atoms with Crippen LogP contribution < -0.4 is 4.90 Å². The first-order valence-corrected chi connectivity index (χ1v) is 6.68. The van der Waals surface area contributed by atoms with E-state index in [0.717, 1.165) is 11.1 Å². The van der Waals surface area contributed by atoms with E-state index in [0.29, 0.717) is 18.9 Å². The van der Waals surface area contributed by atoms with E-state index in [1.54, 1.807) is 12.3 Å². The maximum absolute atomic E-state index is 13.3. The SMILES string of the molecule is Cc1ccc(N(CCC(=O)O)Cc2cccc(F)c2)nc1. The fraction of sp³-hybridized carbons (Fsp3) is 0.250. The van der Waals surface area contributed by atoms with Crippen molar-refractivity contribution in [3.05, 3.63) is 59.5 Å². The highest BCUT2D eigenvalue weighted by Gasteiger charge is 2.11. The van der Waals surface area contributed by atoms with Gasteiger partial charge in [-0.25, -0.2) is 9.37 Å². The third-order valence-electron chi connectivity index (χ3n) is 3.08. The third-order valence-corrected chi connectivity index (χ3v) is 3.08. The molecule has 4 nitrogen and oxygen atoms in total. The third kappa shape index (κ3) is 4.56. The minimum Gasteiger partial charge on any atom is -0.481 e. The molecule has 0 amide bonds. The Morgan fingerprint density at radius 3 is 2.76 bits per heavy atom. The Kier molecular flexibility index (Phi) is 4.87. The van der Waals surface area contributed by atoms with Gasteiger partial charge in [-0.15, -0.1) is 0 Å². The average molecular weight is 288 g/mol. The lowest BCUT2D eigenvalue weighted by Gasteiger charge is -2.23. The van der Waals surface area contributed by atoms with E-state index in [1.807, 2.05) is 30.0 Å². The Balaban J connectivity index is 2.19. The zero-order valence-corrected chi connectivity index (χ0v) is 11.8. The van der Waals surface area contributed by atoms with Crippen molar-refractivity contribution in [3.63, 3.8) is 0 Å². The van der Waals surface area contributed by atoms with Crippen LogP contribution in [0.4, 0.5) is 10.2 Å². The van der Waals surface area contributed by atoms with Crippen LogP contribution in [-0.2, 0) is 11.3 Å². The van der Waals surface area contributed by atoms with Crippen LogP contribution >= 0.6 is 0 Å². The Bertz CT molecular complexity index is 614. The Morgan fingerprint density at radius 1 is 1.33 bits per heavy atom. The van der Waals surface area contributed by atoms with Crippen LogP contribution in [0.2, 0.25) is 0 Å². The molecule has 0 spiro atoms. The van der Waals surface area contributed by atoms with Crippen LogP contribution in [0.3, 0.4) is 0 Å². The van der Waals surface area contributed by atoms with Crippen molar-refractivity contribution < 1.29 is 14.3 Å². The first kappa shape index (κ1) is 15.0. The van der Waals surface area contributed by atoms with Gasteiger partial charge >= 0.3 is 5.97 Å². The van der Waals surface area contributed by atoms with Gasteiger partial charge in [0, 0.05) is 19.3 Å². The van der Waals surface area contributed by atoms with Gasteiger partial charge in [-0.05, 0) is 36.2 Å². The molecule has 0 saturated heterocycles. The molecule has 2 rings (SSSR count). The number of nitrogens with zero attached hydrogens (tertiary/aromatic N) is 2. The number of carboxylic acid groups (broad SMARTS) is 1. The van der Waals surface area contributed by atoms with Gasteiger partial charge in [-0.3, -0.25) is 4.79 Å². The molecule has 0 atom stereocenters. The molecule has 0 aliphatic heterocycles. The molecule has 21 heavy (non-hydrogen) atoms. The Labute approximate surface area is 122 Å². The van der Waals surface area contributed by atoms with Crippen LogP contribution in [0.5, 0.6) is 0 Å². The average Bonchev–Trinajstić information content (AvgIpc) is 2.44. The van der Waals surface area contributed by atoms with Crippen molar-refractivity contribution in [1.29, 1.82) is 0 Å². The van der Waals surface area contributed by atoms with Gasteiger partial charge < -0.3 is 10.0 Å². The largest absolute Gasteiger partial charge is 0.481 e. The highest BCUT2D eigenvalue weighted by atomic mass is 19.1. The number of aromatic nitrogens is 1. The van der Waals surface area contributed by atoms with Gasteiger partial charge in [0.15, 0.2) is 0 Å². The highest BCUT2D eigenvalue weighted by molar-refractivity contribution is 5.67. The van der Waals surface area contributed by atoms with E-state index in [4.69, 9.17) is 5.11 Å². The van der Waals surface area contributed by atoms with Crippen LogP contribution in [0, 0.1) is 12.7 Å². The van der Waals surface area contributed by atoms with Crippen LogP contribution in [0.1, 0.15) is 17.5 Å². The number of carbonyl (C=O) groups is 1. The predicted octanol–water partition coefficient (Wildman–Crippen LogP) is 3.01. The van der Waals surface area contributed by atoms with Crippen molar-refractivity contribution >= 4 is 11.8 Å². The number of hydrogen-bond acceptors (Lipinski definition) is 3. The number of carboxylic acids is 1. The predicted molar refractivity (Wildman–Crippen MR) is 78.7 cm³/mol. The minimum absolute atomic E-state index is 0.00483. The Hall–Kier alpha value is -2.43. The second-order valence-electron chi connectivity index (χ2n) is 4.89. The number of rotatable bonds is 6. The molecule has 1 heterocycles. The summed E-state index contributed by atoms with van der Waals surface area (Å²) in [6.07, 6.45) is 1.74. The second-order valence-corrected chi connectivity index (χ2v) is 4.89. The monoisotopic (exact) mass is 288 g/mol. The zero-order valence-electron chi connectivity index (χ0n) is 11.8. The molecule has 1 aromatic heterocycles. The fourth-order valence-corrected chi connectivity index (χ4v) is 2.01. The van der Waals surface area contributed by atoms with Crippen molar-refractivity contribution in [2.75, 3.05) is 11.4 Å². The summed E-state index contributed by atoms with van der Waals surface area (Å²) in [5, 5.41) is 8.86. The van der Waals surface area contributed by atoms with Crippen molar-refractivity contribution in [3.8, 4) is 0 Å². The van der Waals surface area contributed by atoms with Gasteiger partial charge in [-0.1, -0.05) is 18.2 Å². The molecular formula is C16H17FN2O2. The fourth-order valence-electron chi connectivity index (χ4n) is 2.01. The number of hydrogen-bond donors (Lipinski definition) is 1. The van der Waals surface area contributed by atoms with E-state index in [2.05, 4.69) is 4.98 Å². The molecule has 5 heteroatoms. The summed E-state index contributed by atoms with van der Waals surface area (Å²) in [6.45, 7) is 2.67. The maximum Gasteiger partial charge on any atom is 0.305 e. The standard InChI is InChI=1S/C16H17FN2O2/c1-12-5-6-15(18-10-12)19(8-7-16(20)21)11-13-3-2-4-14(17)9-13/h2-6,9-10H,7-8,11H2,1H3,(H,20,21). The topological polar surface area (TPSA) is 53.4 Å². The zero-order chi connectivity index (χ0) is 15.2. The maximum atomic E-state index is 13.3. The van der Waals surface area contributed by atoms with Gasteiger partial charge in [0.25, 0.3) is 0 Å². The quantitative estimate of drug-likeness (QED) is 0.887. The molecule has 0 saturated carbocycles. The summed E-state index contributed by atoms with van der Waals surface area (Å²) in [5.41, 5.74) is 1.81. The van der Waals surface area contributed by atoms with Crippen LogP contribution in [-0.4, -0.2) is 22.6 Å². The molecule has 0 radical (unpaired) electrons. The van der Waals surface area contributed by atoms with E-state index in [-0.39, 0.29) is 12.2 Å². The minimum atomic E-state index is -0.869. The molecule has 0 aliphatic carbocycles. The highest BCUT2D eigenvalue weighted by Crippen LogP contribution is 2.16. The summed E-state index contributed by atoms with van der Waals surface area (Å²) in [6, 6.07) is 10.0. The van der Waals surface area contributed by atoms with Crippen molar-refractivity contribution in [2.24, 2.45) is 0 Å². The molecule has 1 N–H and O–H groups in total. The number of benzene rings is 1. The lowest BCUT2D eigenvalue weighted by Crippen LogP contribution is -2.26. The van der Waals surface area contributed by atoms with Gasteiger partial charge in [0.2, 0.25) is 0 Å². The van der Waals surface area contributed by atoms with E-state index in [9.17, 15) is 9.18 Å². The number of halogens is 1. The summed E-state index contributed by atoms with van der Waals surface area (Å²) < 4.78 is 13.3. The van der Waals surface area contributed by atoms with Crippen LogP contribution in [0.15, 0.2) is 42.6 Å². The number of aliphatic carboxylic acids is 1. The molecular weight excluding hydrogens is 271 g/mol. The Morgan fingerprint density at radius 2 is 2.14 bits per heavy atom. The van der Waals surface area contributed by atoms with Crippen molar-refractivity contribution in [1.82, 2.24) is 4.98 Å². The second kappa shape index (κ2) is 6.83. The number of aryl methyl sites for hydroxylation is 1. The summed E-state index contributed by atoms with van der Waals surface area (Å²) in [7, 11) is 0. The van der Waals surface area contributed by atoms with Gasteiger partial charge in [0.05, 0.1) is 6.42 Å². The normalized spacial score (nSPS) is 10.4. The molecule has 0 unspecified atom stereocenters. The first-order valence-electron chi connectivity index (χ1n) is 6.68. The first-order chi connectivity index (χ1) is 10.0. The van der Waals surface area contributed by atoms with Gasteiger partial charge in [0.1, 0.15) is 11.6 Å². The molecule has 1 aromatic carbocycles. The summed E-state index contributed by atoms with van der Waals surface area (Å²) >= 11 is 0. The van der Waals surface area contributed by atoms with Crippen molar-refractivity contribution in [2.45, 2.75) is 19.9 Å². The number of pyridine rings is 1. The lowest BCUT2D eigenvalue weighted by atomic mass is 10.2.